The van der Waals surface area contributed by atoms with Gasteiger partial charge in [-0.3, -0.25) is 14.7 Å². The lowest BCUT2D eigenvalue weighted by molar-refractivity contribution is -0.147. The maximum atomic E-state index is 13.9. The molecule has 2 atom stereocenters. The Kier molecular flexibility index (Phi) is 8.33. The first-order valence-corrected chi connectivity index (χ1v) is 14.7. The van der Waals surface area contributed by atoms with Gasteiger partial charge in [-0.2, -0.15) is 0 Å². The summed E-state index contributed by atoms with van der Waals surface area (Å²) in [6.07, 6.45) is 1.67. The van der Waals surface area contributed by atoms with Crippen LogP contribution in [-0.4, -0.2) is 100 Å². The van der Waals surface area contributed by atoms with E-state index in [9.17, 15) is 19.1 Å². The van der Waals surface area contributed by atoms with E-state index >= 15 is 0 Å². The number of aliphatic imine (C=N–C) groups is 1. The molecule has 0 amide bonds. The molecule has 14 heteroatoms. The molecule has 0 spiro atoms. The summed E-state index contributed by atoms with van der Waals surface area (Å²) in [6, 6.07) is 3.26. The fourth-order valence-corrected chi connectivity index (χ4v) is 6.59. The van der Waals surface area contributed by atoms with Crippen LogP contribution in [0.1, 0.15) is 30.5 Å². The highest BCUT2D eigenvalue weighted by Crippen LogP contribution is 2.37. The summed E-state index contributed by atoms with van der Waals surface area (Å²) in [7, 11) is 1.31. The molecule has 0 radical (unpaired) electrons. The predicted molar refractivity (Wildman–Crippen MR) is 158 cm³/mol. The van der Waals surface area contributed by atoms with E-state index in [2.05, 4.69) is 20.1 Å². The first-order chi connectivity index (χ1) is 19.5. The number of benzene rings is 1. The summed E-state index contributed by atoms with van der Waals surface area (Å²) >= 11 is 13.6. The van der Waals surface area contributed by atoms with Gasteiger partial charge in [-0.1, -0.05) is 17.7 Å². The smallest absolute Gasteiger partial charge is 0.338 e. The lowest BCUT2D eigenvalue weighted by Gasteiger charge is -2.38. The van der Waals surface area contributed by atoms with E-state index < -0.39 is 29.2 Å². The van der Waals surface area contributed by atoms with Gasteiger partial charge in [0, 0.05) is 67.1 Å². The van der Waals surface area contributed by atoms with Gasteiger partial charge >= 0.3 is 11.9 Å². The molecule has 2 saturated heterocycles. The van der Waals surface area contributed by atoms with Crippen LogP contribution in [0.5, 0.6) is 0 Å². The Hall–Kier alpha value is -3.13. The summed E-state index contributed by atoms with van der Waals surface area (Å²) in [5.41, 5.74) is 0.423. The van der Waals surface area contributed by atoms with Crippen LogP contribution in [0.3, 0.4) is 0 Å². The number of nitrogens with zero attached hydrogens (tertiary/aromatic N) is 5. The lowest BCUT2D eigenvalue weighted by atomic mass is 9.93. The second kappa shape index (κ2) is 11.6. The first-order valence-electron chi connectivity index (χ1n) is 13.0. The average molecular weight is 621 g/mol. The van der Waals surface area contributed by atoms with E-state index in [1.165, 1.54) is 36.6 Å². The van der Waals surface area contributed by atoms with Crippen molar-refractivity contribution in [2.45, 2.75) is 25.9 Å². The largest absolute Gasteiger partial charge is 0.481 e. The number of carboxylic acids is 1. The Labute approximate surface area is 251 Å². The number of carboxylic acid groups (broad SMARTS) is 1. The highest BCUT2D eigenvalue weighted by molar-refractivity contribution is 7.80. The fourth-order valence-electron chi connectivity index (χ4n) is 5.35. The van der Waals surface area contributed by atoms with Gasteiger partial charge in [0.1, 0.15) is 11.9 Å². The van der Waals surface area contributed by atoms with Gasteiger partial charge in [0.25, 0.3) is 0 Å². The molecule has 3 aliphatic heterocycles. The molecule has 0 saturated carbocycles. The Balaban J connectivity index is 1.44. The highest BCUT2D eigenvalue weighted by atomic mass is 35.5. The van der Waals surface area contributed by atoms with Crippen molar-refractivity contribution in [3.8, 4) is 0 Å². The van der Waals surface area contributed by atoms with Gasteiger partial charge in [0.2, 0.25) is 0 Å². The van der Waals surface area contributed by atoms with E-state index in [-0.39, 0.29) is 16.6 Å². The summed E-state index contributed by atoms with van der Waals surface area (Å²) in [4.78, 5) is 40.4. The van der Waals surface area contributed by atoms with Crippen molar-refractivity contribution in [1.82, 2.24) is 25.0 Å². The second-order valence-corrected chi connectivity index (χ2v) is 12.5. The number of ether oxygens (including phenoxy) is 1. The van der Waals surface area contributed by atoms with Gasteiger partial charge in [-0.15, -0.1) is 11.3 Å². The Morgan fingerprint density at radius 3 is 2.76 bits per heavy atom. The molecule has 41 heavy (non-hydrogen) atoms. The van der Waals surface area contributed by atoms with Crippen LogP contribution in [-0.2, 0) is 14.3 Å². The number of carbonyl (C=O) groups excluding carboxylic acids is 1. The minimum absolute atomic E-state index is 0.0704. The van der Waals surface area contributed by atoms with Gasteiger partial charge in [0.15, 0.2) is 16.0 Å². The number of amidine groups is 1. The SMILES string of the molecule is COC(=O)C1=C(CN2CCN3C(=S)N(CC(C)(C)C(=O)O)CC3C2)NC(c2nccs2)=NC1c1ccc(F)cc1Cl. The van der Waals surface area contributed by atoms with Crippen molar-refractivity contribution < 1.29 is 23.8 Å². The maximum absolute atomic E-state index is 13.9. The van der Waals surface area contributed by atoms with Crippen molar-refractivity contribution in [3.63, 3.8) is 0 Å². The van der Waals surface area contributed by atoms with E-state index in [4.69, 9.17) is 33.5 Å². The zero-order valence-corrected chi connectivity index (χ0v) is 25.2. The number of hydrogen-bond donors (Lipinski definition) is 2. The molecule has 1 aromatic heterocycles. The topological polar surface area (TPSA) is 111 Å². The fraction of sp³-hybridized carbons (Fsp3) is 0.444. The molecule has 2 fully saturated rings. The van der Waals surface area contributed by atoms with Crippen LogP contribution in [0, 0.1) is 11.2 Å². The van der Waals surface area contributed by atoms with Gasteiger partial charge in [-0.05, 0) is 38.2 Å². The molecule has 218 valence electrons. The van der Waals surface area contributed by atoms with Gasteiger partial charge < -0.3 is 25.0 Å². The van der Waals surface area contributed by atoms with E-state index in [1.54, 1.807) is 20.0 Å². The molecule has 5 rings (SSSR count). The Morgan fingerprint density at radius 1 is 1.32 bits per heavy atom. The molecule has 0 bridgehead atoms. The predicted octanol–water partition coefficient (Wildman–Crippen LogP) is 3.15. The third-order valence-corrected chi connectivity index (χ3v) is 9.08. The molecule has 0 aliphatic carbocycles. The quantitative estimate of drug-likeness (QED) is 0.337. The third-order valence-electron chi connectivity index (χ3n) is 7.48. The molecule has 10 nitrogen and oxygen atoms in total. The summed E-state index contributed by atoms with van der Waals surface area (Å²) in [5, 5.41) is 16.2. The lowest BCUT2D eigenvalue weighted by Crippen LogP contribution is -2.53. The summed E-state index contributed by atoms with van der Waals surface area (Å²) < 4.78 is 19.1. The first kappa shape index (κ1) is 29.4. The maximum Gasteiger partial charge on any atom is 0.338 e. The van der Waals surface area contributed by atoms with Crippen LogP contribution in [0.15, 0.2) is 46.0 Å². The molecule has 1 aromatic carbocycles. The average Bonchev–Trinajstić information content (AvgIpc) is 3.56. The molecule has 3 aliphatic rings. The third kappa shape index (κ3) is 5.94. The van der Waals surface area contributed by atoms with Crippen LogP contribution in [0.25, 0.3) is 0 Å². The molecule has 4 heterocycles. The Morgan fingerprint density at radius 2 is 2.10 bits per heavy atom. The van der Waals surface area contributed by atoms with E-state index in [1.807, 2.05) is 10.3 Å². The minimum atomic E-state index is -0.938. The number of piperazine rings is 1. The number of nitrogens with one attached hydrogen (secondary N) is 1. The molecule has 2 unspecified atom stereocenters. The summed E-state index contributed by atoms with van der Waals surface area (Å²) in [6.45, 7) is 6.68. The zero-order valence-electron chi connectivity index (χ0n) is 22.8. The number of halogens is 2. The van der Waals surface area contributed by atoms with Crippen molar-refractivity contribution in [2.75, 3.05) is 46.4 Å². The van der Waals surface area contributed by atoms with Crippen LogP contribution in [0.4, 0.5) is 4.39 Å². The van der Waals surface area contributed by atoms with E-state index in [0.29, 0.717) is 66.5 Å². The summed E-state index contributed by atoms with van der Waals surface area (Å²) in [5.74, 6) is -1.45. The van der Waals surface area contributed by atoms with Crippen LogP contribution < -0.4 is 5.32 Å². The van der Waals surface area contributed by atoms with Gasteiger partial charge in [-0.25, -0.2) is 14.2 Å². The zero-order chi connectivity index (χ0) is 29.5. The number of aliphatic carboxylic acids is 1. The normalized spacial score (nSPS) is 21.5. The van der Waals surface area contributed by atoms with Crippen molar-refractivity contribution >= 4 is 58.0 Å². The molecular formula is C27H30ClFN6O4S2. The van der Waals surface area contributed by atoms with Crippen molar-refractivity contribution in [2.24, 2.45) is 10.4 Å². The second-order valence-electron chi connectivity index (χ2n) is 10.8. The minimum Gasteiger partial charge on any atom is -0.481 e. The monoisotopic (exact) mass is 620 g/mol. The van der Waals surface area contributed by atoms with Gasteiger partial charge in [0.05, 0.1) is 24.1 Å². The number of aromatic nitrogens is 1. The number of rotatable bonds is 8. The molecule has 2 aromatic rings. The Bertz CT molecular complexity index is 1430. The number of thiazole rings is 1. The number of methoxy groups -OCH3 is 1. The highest BCUT2D eigenvalue weighted by Gasteiger charge is 2.42. The number of esters is 1. The number of carbonyl (C=O) groups is 2. The number of hydrogen-bond acceptors (Lipinski definition) is 9. The molecule has 2 N–H and O–H groups in total. The van der Waals surface area contributed by atoms with Crippen molar-refractivity contribution in [3.05, 3.63) is 62.5 Å². The standard InChI is InChI=1S/C27H30ClFN6O4S2/c1-27(2,25(37)38)14-34-12-16-11-33(7-8-35(16)26(34)40)13-19-20(24(36)39-3)21(17-5-4-15(29)10-18(17)28)32-22(31-19)23-30-6-9-41-23/h4-6,9-10,16,21H,7-8,11-14H2,1-3H3,(H,31,32)(H,37,38). The number of fused-ring (bicyclic) bond motifs is 1. The number of thiocarbonyl (C=S) groups is 1. The van der Waals surface area contributed by atoms with Crippen LogP contribution in [0.2, 0.25) is 5.02 Å². The van der Waals surface area contributed by atoms with E-state index in [0.717, 1.165) is 0 Å². The van der Waals surface area contributed by atoms with Crippen LogP contribution >= 0.6 is 35.2 Å². The van der Waals surface area contributed by atoms with Crippen molar-refractivity contribution in [1.29, 1.82) is 0 Å². The molecular weight excluding hydrogens is 591 g/mol.